The van der Waals surface area contributed by atoms with Gasteiger partial charge in [-0.1, -0.05) is 44.4 Å². The van der Waals surface area contributed by atoms with Crippen molar-refractivity contribution in [3.8, 4) is 12.3 Å². The van der Waals surface area contributed by atoms with Crippen molar-refractivity contribution < 1.29 is 0 Å². The van der Waals surface area contributed by atoms with E-state index in [1.54, 1.807) is 0 Å². The van der Waals surface area contributed by atoms with Crippen LogP contribution in [0, 0.1) is 12.3 Å². The molecule has 0 radical (unpaired) electrons. The van der Waals surface area contributed by atoms with Crippen LogP contribution in [0.3, 0.4) is 0 Å². The van der Waals surface area contributed by atoms with Gasteiger partial charge >= 0.3 is 0 Å². The first kappa shape index (κ1) is 14.5. The molecule has 16 heavy (non-hydrogen) atoms. The van der Waals surface area contributed by atoms with Gasteiger partial charge in [-0.05, 0) is 37.0 Å². The molecular weight excluding hydrogens is 192 g/mol. The average Bonchev–Trinajstić information content (AvgIpc) is 2.16. The lowest BCUT2D eigenvalue weighted by atomic mass is 9.87. The van der Waals surface area contributed by atoms with Crippen LogP contribution in [0.1, 0.15) is 45.7 Å². The largest absolute Gasteiger partial charge is 0.115 e. The fourth-order valence-electron chi connectivity index (χ4n) is 1.07. The van der Waals surface area contributed by atoms with E-state index < -0.39 is 0 Å². The topological polar surface area (TPSA) is 0 Å². The summed E-state index contributed by atoms with van der Waals surface area (Å²) in [6.07, 6.45) is 5.26. The molecule has 1 aromatic rings. The predicted molar refractivity (Wildman–Crippen MR) is 73.6 cm³/mol. The normalized spacial score (nSPS) is 9.75. The van der Waals surface area contributed by atoms with Crippen molar-refractivity contribution in [2.75, 3.05) is 0 Å². The number of hydrogen-bond donors (Lipinski definition) is 0. The van der Waals surface area contributed by atoms with Gasteiger partial charge in [0.15, 0.2) is 0 Å². The van der Waals surface area contributed by atoms with Gasteiger partial charge in [0.25, 0.3) is 0 Å². The molecule has 0 N–H and O–H groups in total. The molecule has 0 heteroatoms. The van der Waals surface area contributed by atoms with Crippen molar-refractivity contribution in [2.45, 2.75) is 40.0 Å². The number of benzene rings is 1. The fourth-order valence-corrected chi connectivity index (χ4v) is 1.07. The van der Waals surface area contributed by atoms with Gasteiger partial charge in [0.2, 0.25) is 0 Å². The molecule has 0 atom stereocenters. The molecule has 0 fully saturated rings. The zero-order chi connectivity index (χ0) is 12.8. The zero-order valence-corrected chi connectivity index (χ0v) is 11.1. The highest BCUT2D eigenvalue weighted by Gasteiger charge is 2.12. The molecule has 0 aliphatic carbocycles. The van der Waals surface area contributed by atoms with E-state index in [1.807, 2.05) is 26.0 Å². The maximum absolute atomic E-state index is 5.26. The second-order valence-electron chi connectivity index (χ2n) is 5.18. The lowest BCUT2D eigenvalue weighted by molar-refractivity contribution is 0.590. The fraction of sp³-hybridized carbons (Fsp3) is 0.375. The highest BCUT2D eigenvalue weighted by molar-refractivity contribution is 5.36. The molecule has 1 rings (SSSR count). The summed E-state index contributed by atoms with van der Waals surface area (Å²) >= 11 is 0. The van der Waals surface area contributed by atoms with Crippen LogP contribution in [0.5, 0.6) is 0 Å². The van der Waals surface area contributed by atoms with E-state index in [1.165, 1.54) is 11.1 Å². The molecule has 0 spiro atoms. The smallest absolute Gasteiger partial charge is 0.0242 e. The van der Waals surface area contributed by atoms with Crippen LogP contribution >= 0.6 is 0 Å². The van der Waals surface area contributed by atoms with Crippen LogP contribution in [0.25, 0.3) is 0 Å². The van der Waals surface area contributed by atoms with E-state index in [-0.39, 0.29) is 5.41 Å². The van der Waals surface area contributed by atoms with Crippen LogP contribution < -0.4 is 0 Å². The molecule has 0 nitrogen and oxygen atoms in total. The Balaban J connectivity index is 0.000000487. The van der Waals surface area contributed by atoms with E-state index >= 15 is 0 Å². The molecule has 0 aliphatic heterocycles. The summed E-state index contributed by atoms with van der Waals surface area (Å²) in [6, 6.07) is 8.16. The van der Waals surface area contributed by atoms with Crippen molar-refractivity contribution in [2.24, 2.45) is 0 Å². The summed E-state index contributed by atoms with van der Waals surface area (Å²) in [5, 5.41) is 0. The van der Waals surface area contributed by atoms with Crippen molar-refractivity contribution >= 4 is 0 Å². The van der Waals surface area contributed by atoms with Crippen LogP contribution in [0.15, 0.2) is 36.4 Å². The van der Waals surface area contributed by atoms with Gasteiger partial charge in [-0.3, -0.25) is 0 Å². The lowest BCUT2D eigenvalue weighted by Gasteiger charge is -2.18. The number of rotatable bonds is 0. The van der Waals surface area contributed by atoms with Crippen molar-refractivity contribution in [3.05, 3.63) is 47.5 Å². The number of hydrogen-bond acceptors (Lipinski definition) is 0. The van der Waals surface area contributed by atoms with Crippen molar-refractivity contribution in [1.82, 2.24) is 0 Å². The second-order valence-corrected chi connectivity index (χ2v) is 5.18. The van der Waals surface area contributed by atoms with Crippen LogP contribution in [-0.4, -0.2) is 0 Å². The number of allylic oxidation sites excluding steroid dienone is 1. The lowest BCUT2D eigenvalue weighted by Crippen LogP contribution is -2.10. The summed E-state index contributed by atoms with van der Waals surface area (Å²) in [6.45, 7) is 14.1. The molecule has 1 aromatic carbocycles. The molecule has 0 amide bonds. The Bertz CT molecular complexity index is 362. The van der Waals surface area contributed by atoms with Gasteiger partial charge < -0.3 is 0 Å². The highest BCUT2D eigenvalue weighted by Crippen LogP contribution is 2.21. The van der Waals surface area contributed by atoms with Gasteiger partial charge in [0.1, 0.15) is 0 Å². The predicted octanol–water partition coefficient (Wildman–Crippen LogP) is 4.55. The summed E-state index contributed by atoms with van der Waals surface area (Å²) in [4.78, 5) is 0. The van der Waals surface area contributed by atoms with Gasteiger partial charge in [-0.25, -0.2) is 0 Å². The third kappa shape index (κ3) is 6.09. The second kappa shape index (κ2) is 6.18. The molecule has 0 saturated heterocycles. The minimum Gasteiger partial charge on any atom is -0.115 e. The maximum Gasteiger partial charge on any atom is 0.0242 e. The van der Waals surface area contributed by atoms with Gasteiger partial charge in [0.05, 0.1) is 0 Å². The molecule has 0 aromatic heterocycles. The van der Waals surface area contributed by atoms with Gasteiger partial charge in [-0.15, -0.1) is 13.0 Å². The first-order valence-electron chi connectivity index (χ1n) is 5.46. The summed E-state index contributed by atoms with van der Waals surface area (Å²) in [5.74, 6) is 2.61. The van der Waals surface area contributed by atoms with Crippen molar-refractivity contribution in [1.29, 1.82) is 0 Å². The van der Waals surface area contributed by atoms with Crippen LogP contribution in [0.2, 0.25) is 0 Å². The van der Waals surface area contributed by atoms with E-state index in [4.69, 9.17) is 6.42 Å². The highest BCUT2D eigenvalue weighted by atomic mass is 14.2. The molecule has 0 unspecified atom stereocenters. The van der Waals surface area contributed by atoms with Gasteiger partial charge in [0, 0.05) is 5.56 Å². The SMILES string of the molecule is C#Cc1ccc(C(C)(C)C)cc1.C=C(C)C. The summed E-state index contributed by atoms with van der Waals surface area (Å²) in [5.41, 5.74) is 3.65. The first-order chi connectivity index (χ1) is 7.27. The first-order valence-corrected chi connectivity index (χ1v) is 5.46. The molecule has 0 bridgehead atoms. The Kier molecular flexibility index (Phi) is 5.61. The van der Waals surface area contributed by atoms with E-state index in [0.717, 1.165) is 5.56 Å². The molecule has 0 heterocycles. The van der Waals surface area contributed by atoms with Crippen LogP contribution in [-0.2, 0) is 5.41 Å². The third-order valence-corrected chi connectivity index (χ3v) is 1.92. The number of terminal acetylenes is 1. The van der Waals surface area contributed by atoms with E-state index in [0.29, 0.717) is 0 Å². The molecule has 0 saturated carbocycles. The Morgan fingerprint density at radius 2 is 1.50 bits per heavy atom. The van der Waals surface area contributed by atoms with Crippen molar-refractivity contribution in [3.63, 3.8) is 0 Å². The Morgan fingerprint density at radius 3 is 1.75 bits per heavy atom. The minimum absolute atomic E-state index is 0.215. The monoisotopic (exact) mass is 214 g/mol. The molecule has 86 valence electrons. The minimum atomic E-state index is 0.215. The summed E-state index contributed by atoms with van der Waals surface area (Å²) < 4.78 is 0. The maximum atomic E-state index is 5.26. The Morgan fingerprint density at radius 1 is 1.12 bits per heavy atom. The summed E-state index contributed by atoms with van der Waals surface area (Å²) in [7, 11) is 0. The quantitative estimate of drug-likeness (QED) is 0.439. The standard InChI is InChI=1S/C12H14.C4H8/c1-5-10-6-8-11(9-7-10)12(2,3)4;1-4(2)3/h1,6-9H,2-4H3;1H2,2-3H3. The zero-order valence-electron chi connectivity index (χ0n) is 11.1. The van der Waals surface area contributed by atoms with E-state index in [9.17, 15) is 0 Å². The van der Waals surface area contributed by atoms with E-state index in [2.05, 4.69) is 45.4 Å². The third-order valence-electron chi connectivity index (χ3n) is 1.92. The van der Waals surface area contributed by atoms with Gasteiger partial charge in [-0.2, -0.15) is 0 Å². The van der Waals surface area contributed by atoms with Crippen LogP contribution in [0.4, 0.5) is 0 Å². The Hall–Kier alpha value is -1.48. The molecule has 0 aliphatic rings. The average molecular weight is 214 g/mol. The molecular formula is C16H22. The Labute approximate surface area is 100 Å².